The summed E-state index contributed by atoms with van der Waals surface area (Å²) in [6.07, 6.45) is 2.34. The lowest BCUT2D eigenvalue weighted by Crippen LogP contribution is -2.40. The minimum atomic E-state index is -1.09. The van der Waals surface area contributed by atoms with Gasteiger partial charge < -0.3 is 10.4 Å². The number of rotatable bonds is 6. The first-order valence-electron chi connectivity index (χ1n) is 7.39. The Hall–Kier alpha value is -1.88. The summed E-state index contributed by atoms with van der Waals surface area (Å²) >= 11 is 0. The van der Waals surface area contributed by atoms with Crippen molar-refractivity contribution in [1.82, 2.24) is 10.2 Å². The maximum Gasteiger partial charge on any atom is 0.315 e. The number of amides is 1. The van der Waals surface area contributed by atoms with Crippen LogP contribution in [0, 0.1) is 5.92 Å². The molecule has 114 valence electrons. The van der Waals surface area contributed by atoms with E-state index in [4.69, 9.17) is 5.11 Å². The molecule has 0 radical (unpaired) electrons. The molecule has 1 aromatic rings. The topological polar surface area (TPSA) is 69.6 Å². The van der Waals surface area contributed by atoms with Crippen LogP contribution in [0.15, 0.2) is 30.3 Å². The third-order valence-corrected chi connectivity index (χ3v) is 4.00. The highest BCUT2D eigenvalue weighted by Gasteiger charge is 2.26. The molecule has 5 heteroatoms. The van der Waals surface area contributed by atoms with Crippen LogP contribution >= 0.6 is 0 Å². The van der Waals surface area contributed by atoms with Crippen molar-refractivity contribution in [2.45, 2.75) is 25.8 Å². The average molecular weight is 290 g/mol. The summed E-state index contributed by atoms with van der Waals surface area (Å²) in [4.78, 5) is 25.0. The molecule has 2 atom stereocenters. The highest BCUT2D eigenvalue weighted by atomic mass is 16.4. The van der Waals surface area contributed by atoms with Crippen molar-refractivity contribution in [3.8, 4) is 0 Å². The second-order valence-electron chi connectivity index (χ2n) is 5.47. The number of carbonyl (C=O) groups is 2. The SMILES string of the molecule is CC(C(=O)O)C(=O)NCC(c1ccccc1)N1CCCC1. The first-order chi connectivity index (χ1) is 10.1. The van der Waals surface area contributed by atoms with E-state index in [2.05, 4.69) is 22.3 Å². The number of nitrogens with one attached hydrogen (secondary N) is 1. The van der Waals surface area contributed by atoms with E-state index in [0.29, 0.717) is 6.54 Å². The van der Waals surface area contributed by atoms with E-state index in [-0.39, 0.29) is 6.04 Å². The van der Waals surface area contributed by atoms with E-state index in [1.165, 1.54) is 19.8 Å². The van der Waals surface area contributed by atoms with Crippen molar-refractivity contribution < 1.29 is 14.7 Å². The smallest absolute Gasteiger partial charge is 0.315 e. The zero-order valence-electron chi connectivity index (χ0n) is 12.3. The fourth-order valence-corrected chi connectivity index (χ4v) is 2.65. The lowest BCUT2D eigenvalue weighted by Gasteiger charge is -2.28. The van der Waals surface area contributed by atoms with Crippen molar-refractivity contribution in [1.29, 1.82) is 0 Å². The molecule has 0 spiro atoms. The van der Waals surface area contributed by atoms with Crippen LogP contribution in [0.3, 0.4) is 0 Å². The van der Waals surface area contributed by atoms with Gasteiger partial charge in [0.2, 0.25) is 5.91 Å². The molecule has 1 amide bonds. The Morgan fingerprint density at radius 2 is 1.86 bits per heavy atom. The molecule has 1 aromatic carbocycles. The number of nitrogens with zero attached hydrogens (tertiary/aromatic N) is 1. The number of carbonyl (C=O) groups excluding carboxylic acids is 1. The first-order valence-corrected chi connectivity index (χ1v) is 7.39. The molecule has 1 saturated heterocycles. The number of benzene rings is 1. The Labute approximate surface area is 125 Å². The lowest BCUT2D eigenvalue weighted by molar-refractivity contribution is -0.146. The van der Waals surface area contributed by atoms with Gasteiger partial charge in [0.15, 0.2) is 0 Å². The largest absolute Gasteiger partial charge is 0.481 e. The third kappa shape index (κ3) is 4.04. The van der Waals surface area contributed by atoms with Gasteiger partial charge in [-0.2, -0.15) is 0 Å². The van der Waals surface area contributed by atoms with E-state index in [1.54, 1.807) is 0 Å². The Morgan fingerprint density at radius 1 is 1.24 bits per heavy atom. The molecular formula is C16H22N2O3. The maximum absolute atomic E-state index is 11.8. The van der Waals surface area contributed by atoms with Gasteiger partial charge in [0.25, 0.3) is 0 Å². The summed E-state index contributed by atoms with van der Waals surface area (Å²) in [6, 6.07) is 10.2. The zero-order chi connectivity index (χ0) is 15.2. The Bertz CT molecular complexity index is 484. The van der Waals surface area contributed by atoms with Crippen molar-refractivity contribution in [2.75, 3.05) is 19.6 Å². The number of hydrogen-bond donors (Lipinski definition) is 2. The Balaban J connectivity index is 2.03. The van der Waals surface area contributed by atoms with Gasteiger partial charge in [-0.25, -0.2) is 0 Å². The number of aliphatic carboxylic acids is 1. The van der Waals surface area contributed by atoms with Crippen molar-refractivity contribution >= 4 is 11.9 Å². The molecule has 0 aromatic heterocycles. The number of hydrogen-bond acceptors (Lipinski definition) is 3. The van der Waals surface area contributed by atoms with Gasteiger partial charge >= 0.3 is 5.97 Å². The van der Waals surface area contributed by atoms with E-state index in [0.717, 1.165) is 18.7 Å². The van der Waals surface area contributed by atoms with Crippen molar-refractivity contribution in [3.05, 3.63) is 35.9 Å². The lowest BCUT2D eigenvalue weighted by atomic mass is 10.0. The second-order valence-corrected chi connectivity index (χ2v) is 5.47. The van der Waals surface area contributed by atoms with Crippen LogP contribution in [-0.4, -0.2) is 41.5 Å². The first kappa shape index (κ1) is 15.5. The molecule has 2 N–H and O–H groups in total. The van der Waals surface area contributed by atoms with Crippen LogP contribution < -0.4 is 5.32 Å². The second kappa shape index (κ2) is 7.22. The molecule has 0 bridgehead atoms. The number of carboxylic acid groups (broad SMARTS) is 1. The van der Waals surface area contributed by atoms with Gasteiger partial charge in [-0.05, 0) is 38.4 Å². The number of carboxylic acids is 1. The monoisotopic (exact) mass is 290 g/mol. The molecule has 0 saturated carbocycles. The summed E-state index contributed by atoms with van der Waals surface area (Å²) in [5, 5.41) is 11.7. The van der Waals surface area contributed by atoms with Crippen LogP contribution in [0.1, 0.15) is 31.4 Å². The summed E-state index contributed by atoms with van der Waals surface area (Å²) < 4.78 is 0. The van der Waals surface area contributed by atoms with Gasteiger partial charge in [0.1, 0.15) is 5.92 Å². The maximum atomic E-state index is 11.8. The number of likely N-dealkylation sites (tertiary alicyclic amines) is 1. The summed E-state index contributed by atoms with van der Waals surface area (Å²) in [6.45, 7) is 3.89. The Kier molecular flexibility index (Phi) is 5.33. The van der Waals surface area contributed by atoms with Gasteiger partial charge in [-0.15, -0.1) is 0 Å². The molecule has 21 heavy (non-hydrogen) atoms. The highest BCUT2D eigenvalue weighted by Crippen LogP contribution is 2.24. The van der Waals surface area contributed by atoms with Gasteiger partial charge in [0, 0.05) is 6.54 Å². The van der Waals surface area contributed by atoms with Crippen LogP contribution in [0.25, 0.3) is 0 Å². The molecule has 2 rings (SSSR count). The third-order valence-electron chi connectivity index (χ3n) is 4.00. The molecule has 1 fully saturated rings. The predicted octanol–water partition coefficient (Wildman–Crippen LogP) is 1.66. The minimum Gasteiger partial charge on any atom is -0.481 e. The normalized spacial score (nSPS) is 18.1. The molecule has 1 aliphatic rings. The fourth-order valence-electron chi connectivity index (χ4n) is 2.65. The van der Waals surface area contributed by atoms with Gasteiger partial charge in [0.05, 0.1) is 6.04 Å². The van der Waals surface area contributed by atoms with E-state index in [9.17, 15) is 9.59 Å². The summed E-state index contributed by atoms with van der Waals surface area (Å²) in [7, 11) is 0. The summed E-state index contributed by atoms with van der Waals surface area (Å²) in [5.74, 6) is -2.53. The van der Waals surface area contributed by atoms with Crippen LogP contribution in [0.4, 0.5) is 0 Å². The van der Waals surface area contributed by atoms with E-state index < -0.39 is 17.8 Å². The Morgan fingerprint density at radius 3 is 2.43 bits per heavy atom. The van der Waals surface area contributed by atoms with Crippen LogP contribution in [0.2, 0.25) is 0 Å². The zero-order valence-corrected chi connectivity index (χ0v) is 12.3. The quantitative estimate of drug-likeness (QED) is 0.782. The van der Waals surface area contributed by atoms with Gasteiger partial charge in [-0.1, -0.05) is 30.3 Å². The molecule has 1 heterocycles. The van der Waals surface area contributed by atoms with Crippen molar-refractivity contribution in [2.24, 2.45) is 5.92 Å². The average Bonchev–Trinajstić information content (AvgIpc) is 3.01. The van der Waals surface area contributed by atoms with Crippen LogP contribution in [-0.2, 0) is 9.59 Å². The van der Waals surface area contributed by atoms with E-state index >= 15 is 0 Å². The van der Waals surface area contributed by atoms with Crippen LogP contribution in [0.5, 0.6) is 0 Å². The molecule has 5 nitrogen and oxygen atoms in total. The highest BCUT2D eigenvalue weighted by molar-refractivity contribution is 5.96. The molecule has 0 aliphatic carbocycles. The standard InChI is InChI=1S/C16H22N2O3/c1-12(16(20)21)15(19)17-11-14(18-9-5-6-10-18)13-7-3-2-4-8-13/h2-4,7-8,12,14H,5-6,9-11H2,1H3,(H,17,19)(H,20,21). The molecular weight excluding hydrogens is 268 g/mol. The van der Waals surface area contributed by atoms with Gasteiger partial charge in [-0.3, -0.25) is 14.5 Å². The fraction of sp³-hybridized carbons (Fsp3) is 0.500. The predicted molar refractivity (Wildman–Crippen MR) is 79.8 cm³/mol. The molecule has 2 unspecified atom stereocenters. The minimum absolute atomic E-state index is 0.110. The van der Waals surface area contributed by atoms with E-state index in [1.807, 2.05) is 18.2 Å². The summed E-state index contributed by atoms with van der Waals surface area (Å²) in [5.41, 5.74) is 1.16. The molecule has 1 aliphatic heterocycles. The van der Waals surface area contributed by atoms with Crippen molar-refractivity contribution in [3.63, 3.8) is 0 Å².